The molecule has 12 rings (SSSR count). The van der Waals surface area contributed by atoms with Crippen molar-refractivity contribution < 1.29 is 4.42 Å². The first-order chi connectivity index (χ1) is 29.8. The first-order valence-electron chi connectivity index (χ1n) is 20.9. The van der Waals surface area contributed by atoms with E-state index in [4.69, 9.17) is 9.41 Å². The Morgan fingerprint density at radius 1 is 0.533 bits per heavy atom. The SMILES string of the molecule is C1=CC2c3c(cc4ccccc4c3-c3ccccc3)C(c3ccccc3)(c3ccccc3)C2C=C1C1N=C(c2cccc(-c3ccccc3)c2)c2oc3ccccc3c2N1. The van der Waals surface area contributed by atoms with Gasteiger partial charge < -0.3 is 9.73 Å². The van der Waals surface area contributed by atoms with E-state index in [2.05, 4.69) is 212 Å². The van der Waals surface area contributed by atoms with Crippen LogP contribution in [0.5, 0.6) is 0 Å². The lowest BCUT2D eigenvalue weighted by Gasteiger charge is -2.40. The lowest BCUT2D eigenvalue weighted by molar-refractivity contribution is 0.452. The van der Waals surface area contributed by atoms with Crippen molar-refractivity contribution in [1.82, 2.24) is 0 Å². The van der Waals surface area contributed by atoms with Gasteiger partial charge in [-0.3, -0.25) is 4.99 Å². The predicted octanol–water partition coefficient (Wildman–Crippen LogP) is 13.8. The van der Waals surface area contributed by atoms with Crippen LogP contribution in [0.25, 0.3) is 44.0 Å². The van der Waals surface area contributed by atoms with Crippen LogP contribution >= 0.6 is 0 Å². The molecular formula is C57H40N2O. The normalized spacial score (nSPS) is 18.6. The van der Waals surface area contributed by atoms with E-state index in [0.29, 0.717) is 0 Å². The summed E-state index contributed by atoms with van der Waals surface area (Å²) in [4.78, 5) is 5.61. The smallest absolute Gasteiger partial charge is 0.177 e. The molecule has 0 radical (unpaired) electrons. The minimum Gasteiger partial charge on any atom is -0.452 e. The highest BCUT2D eigenvalue weighted by Crippen LogP contribution is 2.63. The predicted molar refractivity (Wildman–Crippen MR) is 247 cm³/mol. The van der Waals surface area contributed by atoms with Crippen LogP contribution in [0.3, 0.4) is 0 Å². The van der Waals surface area contributed by atoms with Gasteiger partial charge in [0.15, 0.2) is 5.76 Å². The fourth-order valence-electron chi connectivity index (χ4n) is 10.5. The van der Waals surface area contributed by atoms with E-state index in [9.17, 15) is 0 Å². The summed E-state index contributed by atoms with van der Waals surface area (Å²) in [5.74, 6) is 0.913. The zero-order chi connectivity index (χ0) is 39.6. The second kappa shape index (κ2) is 13.8. The molecule has 0 bridgehead atoms. The monoisotopic (exact) mass is 768 g/mol. The summed E-state index contributed by atoms with van der Waals surface area (Å²) in [5.41, 5.74) is 14.5. The van der Waals surface area contributed by atoms with Crippen LogP contribution in [0.15, 0.2) is 233 Å². The first kappa shape index (κ1) is 34.5. The van der Waals surface area contributed by atoms with Gasteiger partial charge in [0.1, 0.15) is 17.5 Å². The van der Waals surface area contributed by atoms with Crippen LogP contribution in [0.2, 0.25) is 0 Å². The zero-order valence-electron chi connectivity index (χ0n) is 32.9. The molecule has 2 heterocycles. The maximum absolute atomic E-state index is 6.66. The Hall–Kier alpha value is -7.49. The molecule has 3 heteroatoms. The van der Waals surface area contributed by atoms with Crippen molar-refractivity contribution in [2.45, 2.75) is 17.5 Å². The molecule has 9 aromatic rings. The molecule has 3 nitrogen and oxygen atoms in total. The fourth-order valence-corrected chi connectivity index (χ4v) is 10.5. The minimum absolute atomic E-state index is 0.0425. The highest BCUT2D eigenvalue weighted by Gasteiger charge is 2.55. The molecule has 8 aromatic carbocycles. The number of nitrogens with zero attached hydrogens (tertiary/aromatic N) is 1. The molecular weight excluding hydrogens is 729 g/mol. The van der Waals surface area contributed by atoms with E-state index in [-0.39, 0.29) is 18.0 Å². The molecule has 3 aliphatic rings. The third kappa shape index (κ3) is 5.25. The third-order valence-electron chi connectivity index (χ3n) is 13.0. The van der Waals surface area contributed by atoms with Gasteiger partial charge in [0.2, 0.25) is 0 Å². The van der Waals surface area contributed by atoms with Gasteiger partial charge >= 0.3 is 0 Å². The Morgan fingerprint density at radius 3 is 1.87 bits per heavy atom. The summed E-state index contributed by atoms with van der Waals surface area (Å²) in [7, 11) is 0. The maximum Gasteiger partial charge on any atom is 0.177 e. The number of anilines is 1. The van der Waals surface area contributed by atoms with Crippen molar-refractivity contribution in [2.75, 3.05) is 5.32 Å². The van der Waals surface area contributed by atoms with E-state index < -0.39 is 5.41 Å². The Bertz CT molecular complexity index is 3140. The summed E-state index contributed by atoms with van der Waals surface area (Å²) >= 11 is 0. The first-order valence-corrected chi connectivity index (χ1v) is 20.9. The van der Waals surface area contributed by atoms with E-state index in [1.54, 1.807) is 0 Å². The molecule has 3 atom stereocenters. The van der Waals surface area contributed by atoms with E-state index in [1.807, 2.05) is 12.1 Å². The van der Waals surface area contributed by atoms with E-state index in [1.165, 1.54) is 49.7 Å². The Kier molecular flexibility index (Phi) is 7.96. The van der Waals surface area contributed by atoms with Gasteiger partial charge in [-0.05, 0) is 85.1 Å². The van der Waals surface area contributed by atoms with E-state index >= 15 is 0 Å². The minimum atomic E-state index is -0.495. The van der Waals surface area contributed by atoms with Gasteiger partial charge in [0.25, 0.3) is 0 Å². The van der Waals surface area contributed by atoms with Crippen LogP contribution < -0.4 is 5.32 Å². The molecule has 1 aromatic heterocycles. The van der Waals surface area contributed by atoms with Crippen molar-refractivity contribution >= 4 is 33.1 Å². The number of furan rings is 1. The molecule has 0 spiro atoms. The Labute approximate surface area is 349 Å². The zero-order valence-corrected chi connectivity index (χ0v) is 32.9. The van der Waals surface area contributed by atoms with Gasteiger partial charge in [0, 0.05) is 22.8 Å². The molecule has 60 heavy (non-hydrogen) atoms. The van der Waals surface area contributed by atoms with Crippen molar-refractivity contribution in [2.24, 2.45) is 10.9 Å². The van der Waals surface area contributed by atoms with Gasteiger partial charge in [-0.2, -0.15) is 0 Å². The lowest BCUT2D eigenvalue weighted by atomic mass is 9.62. The van der Waals surface area contributed by atoms with Gasteiger partial charge in [-0.1, -0.05) is 194 Å². The average molecular weight is 769 g/mol. The molecule has 2 aliphatic carbocycles. The lowest BCUT2D eigenvalue weighted by Crippen LogP contribution is -2.36. The topological polar surface area (TPSA) is 37.5 Å². The van der Waals surface area contributed by atoms with Crippen molar-refractivity contribution in [3.8, 4) is 22.3 Å². The molecule has 0 amide bonds. The van der Waals surface area contributed by atoms with E-state index in [0.717, 1.165) is 44.8 Å². The largest absolute Gasteiger partial charge is 0.452 e. The molecule has 1 N–H and O–H groups in total. The maximum atomic E-state index is 6.66. The summed E-state index contributed by atoms with van der Waals surface area (Å²) in [6.45, 7) is 0. The Morgan fingerprint density at radius 2 is 1.13 bits per heavy atom. The van der Waals surface area contributed by atoms with Crippen molar-refractivity contribution in [3.05, 3.63) is 258 Å². The molecule has 3 unspecified atom stereocenters. The van der Waals surface area contributed by atoms with Gasteiger partial charge in [-0.25, -0.2) is 0 Å². The van der Waals surface area contributed by atoms with Crippen LogP contribution in [-0.4, -0.2) is 11.9 Å². The average Bonchev–Trinajstić information content (AvgIpc) is 3.85. The molecule has 0 saturated heterocycles. The number of nitrogens with one attached hydrogen (secondary N) is 1. The second-order valence-electron chi connectivity index (χ2n) is 16.2. The number of benzene rings is 8. The number of allylic oxidation sites excluding steroid dienone is 2. The fraction of sp³-hybridized carbons (Fsp3) is 0.0702. The van der Waals surface area contributed by atoms with Crippen LogP contribution in [0.1, 0.15) is 39.5 Å². The highest BCUT2D eigenvalue weighted by molar-refractivity contribution is 6.19. The number of hydrogen-bond donors (Lipinski definition) is 1. The number of rotatable bonds is 6. The summed E-state index contributed by atoms with van der Waals surface area (Å²) < 4.78 is 6.66. The number of aliphatic imine (C=N–C) groups is 1. The van der Waals surface area contributed by atoms with Crippen molar-refractivity contribution in [3.63, 3.8) is 0 Å². The van der Waals surface area contributed by atoms with Crippen LogP contribution in [0.4, 0.5) is 5.69 Å². The molecule has 1 aliphatic heterocycles. The van der Waals surface area contributed by atoms with Gasteiger partial charge in [-0.15, -0.1) is 0 Å². The summed E-state index contributed by atoms with van der Waals surface area (Å²) in [6, 6.07) is 72.4. The standard InChI is InChI=1S/C57H40N2O/c1-5-18-37(19-6-1)39-23-17-24-41(34-39)53-55-54(47-30-15-16-31-50(47)60-55)59-56(58-53)42-32-33-46-48(36-42)57(43-25-9-3-10-26-43,44-27-11-4-12-28-44)49-35-40-22-13-14-29-45(40)51(52(46)49)38-20-7-2-8-21-38/h1-36,46,48,56,59H. The second-order valence-corrected chi connectivity index (χ2v) is 16.2. The molecule has 0 saturated carbocycles. The number of para-hydroxylation sites is 1. The van der Waals surface area contributed by atoms with Gasteiger partial charge in [0.05, 0.1) is 11.1 Å². The number of fused-ring (bicyclic) bond motifs is 7. The highest BCUT2D eigenvalue weighted by atomic mass is 16.3. The molecule has 0 fully saturated rings. The quantitative estimate of drug-likeness (QED) is 0.183. The molecule has 284 valence electrons. The third-order valence-corrected chi connectivity index (χ3v) is 13.0. The Balaban J connectivity index is 1.10. The van der Waals surface area contributed by atoms with Crippen molar-refractivity contribution in [1.29, 1.82) is 0 Å². The number of hydrogen-bond acceptors (Lipinski definition) is 3. The summed E-state index contributed by atoms with van der Waals surface area (Å²) in [5, 5.41) is 7.49. The summed E-state index contributed by atoms with van der Waals surface area (Å²) in [6.07, 6.45) is 7.01. The van der Waals surface area contributed by atoms with Crippen LogP contribution in [0, 0.1) is 5.92 Å². The van der Waals surface area contributed by atoms with Crippen LogP contribution in [-0.2, 0) is 5.41 Å².